The molecule has 0 aliphatic carbocycles. The zero-order valence-corrected chi connectivity index (χ0v) is 17.4. The normalized spacial score (nSPS) is 11.2. The number of fused-ring (bicyclic) bond motifs is 2. The zero-order valence-electron chi connectivity index (χ0n) is 15.8. The van der Waals surface area contributed by atoms with Gasteiger partial charge in [0.15, 0.2) is 10.9 Å². The lowest BCUT2D eigenvalue weighted by atomic mass is 10.1. The highest BCUT2D eigenvalue weighted by atomic mass is 32.2. The molecule has 3 aromatic carbocycles. The molecule has 1 N–H and O–H groups in total. The maximum atomic E-state index is 12.7. The molecule has 0 unspecified atom stereocenters. The molecule has 5 rings (SSSR count). The van der Waals surface area contributed by atoms with E-state index in [4.69, 9.17) is 0 Å². The van der Waals surface area contributed by atoms with Gasteiger partial charge in [0.05, 0.1) is 11.1 Å². The first-order valence-electron chi connectivity index (χ1n) is 9.41. The van der Waals surface area contributed by atoms with Crippen LogP contribution in [-0.4, -0.2) is 21.5 Å². The monoisotopic (exact) mass is 428 g/mol. The van der Waals surface area contributed by atoms with E-state index in [0.717, 1.165) is 21.9 Å². The van der Waals surface area contributed by atoms with Gasteiger partial charge in [-0.15, -0.1) is 11.3 Å². The Kier molecular flexibility index (Phi) is 4.94. The molecule has 0 amide bonds. The topological polar surface area (TPSA) is 62.8 Å². The number of Topliss-reactive ketones (excluding diaryl/α,β-unsaturated/α-hetero) is 1. The summed E-state index contributed by atoms with van der Waals surface area (Å²) in [6.45, 7) is 0. The fourth-order valence-corrected chi connectivity index (χ4v) is 5.17. The largest absolute Gasteiger partial charge is 0.301 e. The molecule has 0 saturated carbocycles. The predicted molar refractivity (Wildman–Crippen MR) is 125 cm³/mol. The van der Waals surface area contributed by atoms with Crippen LogP contribution in [0.1, 0.15) is 10.4 Å². The van der Waals surface area contributed by atoms with Crippen LogP contribution in [0.25, 0.3) is 32.1 Å². The van der Waals surface area contributed by atoms with Crippen LogP contribution in [0.4, 0.5) is 0 Å². The van der Waals surface area contributed by atoms with Gasteiger partial charge in [-0.2, -0.15) is 0 Å². The van der Waals surface area contributed by atoms with Crippen molar-refractivity contribution in [3.05, 3.63) is 94.1 Å². The number of hydrogen-bond donors (Lipinski definition) is 1. The second kappa shape index (κ2) is 7.89. The number of hydrogen-bond acceptors (Lipinski definition) is 5. The van der Waals surface area contributed by atoms with E-state index in [0.29, 0.717) is 20.9 Å². The smallest absolute Gasteiger partial charge is 0.260 e. The number of thioether (sulfide) groups is 1. The molecule has 0 atom stereocenters. The van der Waals surface area contributed by atoms with Crippen LogP contribution < -0.4 is 5.56 Å². The zero-order chi connectivity index (χ0) is 20.5. The van der Waals surface area contributed by atoms with Crippen molar-refractivity contribution >= 4 is 49.9 Å². The Bertz CT molecular complexity index is 1440. The summed E-state index contributed by atoms with van der Waals surface area (Å²) in [6.07, 6.45) is 0. The van der Waals surface area contributed by atoms with Crippen LogP contribution in [0.5, 0.6) is 0 Å². The maximum Gasteiger partial charge on any atom is 0.260 e. The molecule has 0 aliphatic heterocycles. The number of aromatic nitrogens is 2. The number of H-pyrrole nitrogens is 1. The van der Waals surface area contributed by atoms with E-state index in [1.54, 1.807) is 0 Å². The van der Waals surface area contributed by atoms with E-state index >= 15 is 0 Å². The van der Waals surface area contributed by atoms with Gasteiger partial charge in [0.25, 0.3) is 5.56 Å². The van der Waals surface area contributed by atoms with Gasteiger partial charge in [-0.3, -0.25) is 9.59 Å². The van der Waals surface area contributed by atoms with Gasteiger partial charge in [0, 0.05) is 16.5 Å². The molecule has 4 nitrogen and oxygen atoms in total. The second-order valence-corrected chi connectivity index (χ2v) is 8.66. The molecule has 0 bridgehead atoms. The number of thiophene rings is 1. The lowest BCUT2D eigenvalue weighted by molar-refractivity contribution is 0.102. The van der Waals surface area contributed by atoms with Gasteiger partial charge in [0.2, 0.25) is 0 Å². The van der Waals surface area contributed by atoms with Crippen LogP contribution in [0.2, 0.25) is 0 Å². The second-order valence-electron chi connectivity index (χ2n) is 6.84. The van der Waals surface area contributed by atoms with Crippen LogP contribution >= 0.6 is 23.1 Å². The van der Waals surface area contributed by atoms with Crippen molar-refractivity contribution in [1.82, 2.24) is 9.97 Å². The lowest BCUT2D eigenvalue weighted by Crippen LogP contribution is -2.10. The molecule has 0 radical (unpaired) electrons. The minimum absolute atomic E-state index is 0.00431. The molecule has 0 aliphatic rings. The number of nitrogens with zero attached hydrogens (tertiary/aromatic N) is 1. The van der Waals surface area contributed by atoms with Crippen molar-refractivity contribution in [3.63, 3.8) is 0 Å². The molecule has 0 saturated heterocycles. The van der Waals surface area contributed by atoms with E-state index in [-0.39, 0.29) is 17.1 Å². The first-order valence-corrected chi connectivity index (χ1v) is 11.3. The number of carbonyl (C=O) groups excluding carboxylic acids is 1. The number of rotatable bonds is 5. The summed E-state index contributed by atoms with van der Waals surface area (Å²) in [5.41, 5.74) is 2.35. The Morgan fingerprint density at radius 1 is 0.967 bits per heavy atom. The Morgan fingerprint density at radius 3 is 2.57 bits per heavy atom. The Balaban J connectivity index is 1.39. The van der Waals surface area contributed by atoms with Gasteiger partial charge in [-0.1, -0.05) is 78.5 Å². The maximum absolute atomic E-state index is 12.7. The predicted octanol–water partition coefficient (Wildman–Crippen LogP) is 5.78. The summed E-state index contributed by atoms with van der Waals surface area (Å²) in [5, 5.41) is 5.15. The van der Waals surface area contributed by atoms with Crippen molar-refractivity contribution in [2.45, 2.75) is 5.16 Å². The van der Waals surface area contributed by atoms with Crippen molar-refractivity contribution in [2.24, 2.45) is 0 Å². The summed E-state index contributed by atoms with van der Waals surface area (Å²) >= 11 is 2.69. The fourth-order valence-electron chi connectivity index (χ4n) is 3.41. The molecule has 146 valence electrons. The molecule has 0 fully saturated rings. The van der Waals surface area contributed by atoms with Gasteiger partial charge < -0.3 is 4.98 Å². The van der Waals surface area contributed by atoms with Gasteiger partial charge in [-0.05, 0) is 22.4 Å². The highest BCUT2D eigenvalue weighted by Crippen LogP contribution is 2.31. The van der Waals surface area contributed by atoms with Crippen molar-refractivity contribution in [1.29, 1.82) is 0 Å². The van der Waals surface area contributed by atoms with Crippen molar-refractivity contribution < 1.29 is 4.79 Å². The van der Waals surface area contributed by atoms with Crippen molar-refractivity contribution in [2.75, 3.05) is 5.75 Å². The Labute approximate surface area is 180 Å². The number of nitrogens with one attached hydrogen (secondary N) is 1. The molecular formula is C24H16N2O2S2. The third-order valence-corrected chi connectivity index (χ3v) is 6.66. The Morgan fingerprint density at radius 2 is 1.73 bits per heavy atom. The van der Waals surface area contributed by atoms with E-state index in [1.807, 2.05) is 78.2 Å². The fraction of sp³-hybridized carbons (Fsp3) is 0.0417. The number of benzene rings is 3. The summed E-state index contributed by atoms with van der Waals surface area (Å²) in [7, 11) is 0. The molecule has 2 heterocycles. The summed E-state index contributed by atoms with van der Waals surface area (Å²) in [4.78, 5) is 33.5. The van der Waals surface area contributed by atoms with E-state index in [2.05, 4.69) is 9.97 Å². The minimum atomic E-state index is -0.180. The third kappa shape index (κ3) is 3.56. The molecular weight excluding hydrogens is 412 g/mol. The molecule has 0 spiro atoms. The first-order chi connectivity index (χ1) is 14.7. The number of ketones is 1. The van der Waals surface area contributed by atoms with Crippen molar-refractivity contribution in [3.8, 4) is 11.1 Å². The number of carbonyl (C=O) groups is 1. The molecule has 5 aromatic rings. The first kappa shape index (κ1) is 18.8. The average Bonchev–Trinajstić information content (AvgIpc) is 3.22. The molecule has 30 heavy (non-hydrogen) atoms. The van der Waals surface area contributed by atoms with Crippen LogP contribution in [0.15, 0.2) is 88.1 Å². The lowest BCUT2D eigenvalue weighted by Gasteiger charge is -2.04. The van der Waals surface area contributed by atoms with E-state index in [1.165, 1.54) is 23.1 Å². The summed E-state index contributed by atoms with van der Waals surface area (Å²) in [5.74, 6) is 0.216. The average molecular weight is 429 g/mol. The molecule has 2 aromatic heterocycles. The van der Waals surface area contributed by atoms with Crippen LogP contribution in [0.3, 0.4) is 0 Å². The SMILES string of the molecule is O=C(CSc1nc2scc(-c3ccccc3)c2c(=O)[nH]1)c1ccc2ccccc2c1. The number of aromatic amines is 1. The Hall–Kier alpha value is -3.22. The summed E-state index contributed by atoms with van der Waals surface area (Å²) in [6, 6.07) is 23.5. The van der Waals surface area contributed by atoms with Crippen LogP contribution in [-0.2, 0) is 0 Å². The van der Waals surface area contributed by atoms with Crippen LogP contribution in [0, 0.1) is 0 Å². The van der Waals surface area contributed by atoms with Gasteiger partial charge >= 0.3 is 0 Å². The minimum Gasteiger partial charge on any atom is -0.301 e. The standard InChI is InChI=1S/C24H16N2O2S2/c27-20(18-11-10-15-6-4-5-9-17(15)12-18)14-30-24-25-22(28)21-19(13-29-23(21)26-24)16-7-2-1-3-8-16/h1-13H,14H2,(H,25,26,28). The third-order valence-electron chi connectivity index (χ3n) is 4.92. The van der Waals surface area contributed by atoms with Gasteiger partial charge in [0.1, 0.15) is 4.83 Å². The highest BCUT2D eigenvalue weighted by molar-refractivity contribution is 7.99. The summed E-state index contributed by atoms with van der Waals surface area (Å²) < 4.78 is 0. The van der Waals surface area contributed by atoms with E-state index < -0.39 is 0 Å². The highest BCUT2D eigenvalue weighted by Gasteiger charge is 2.14. The molecule has 6 heteroatoms. The quantitative estimate of drug-likeness (QED) is 0.219. The van der Waals surface area contributed by atoms with E-state index in [9.17, 15) is 9.59 Å². The van der Waals surface area contributed by atoms with Gasteiger partial charge in [-0.25, -0.2) is 4.98 Å².